The van der Waals surface area contributed by atoms with Crippen LogP contribution in [-0.2, 0) is 16.1 Å². The van der Waals surface area contributed by atoms with E-state index in [0.29, 0.717) is 32.7 Å². The van der Waals surface area contributed by atoms with Crippen LogP contribution in [0.4, 0.5) is 0 Å². The number of halogens is 1. The van der Waals surface area contributed by atoms with Gasteiger partial charge < -0.3 is 14.8 Å². The Balaban J connectivity index is 2.45. The summed E-state index contributed by atoms with van der Waals surface area (Å²) in [5.74, 6) is 0.718. The molecule has 1 rings (SSSR count). The Morgan fingerprint density at radius 3 is 2.85 bits per heavy atom. The maximum Gasteiger partial charge on any atom is 0.307 e. The van der Waals surface area contributed by atoms with Crippen molar-refractivity contribution in [1.82, 2.24) is 5.32 Å². The van der Waals surface area contributed by atoms with Gasteiger partial charge in [-0.15, -0.1) is 0 Å². The van der Waals surface area contributed by atoms with Gasteiger partial charge in [-0.1, -0.05) is 22.9 Å². The van der Waals surface area contributed by atoms with E-state index < -0.39 is 0 Å². The lowest BCUT2D eigenvalue weighted by molar-refractivity contribution is -0.142. The van der Waals surface area contributed by atoms with E-state index in [0.717, 1.165) is 22.2 Å². The van der Waals surface area contributed by atoms with Crippen molar-refractivity contribution in [1.29, 1.82) is 0 Å². The number of hydrogen-bond acceptors (Lipinski definition) is 4. The van der Waals surface area contributed by atoms with Gasteiger partial charge in [-0.25, -0.2) is 0 Å². The molecule has 0 heterocycles. The van der Waals surface area contributed by atoms with Gasteiger partial charge in [0.05, 0.1) is 19.6 Å². The lowest BCUT2D eigenvalue weighted by Crippen LogP contribution is -2.19. The minimum absolute atomic E-state index is 0.170. The maximum atomic E-state index is 11.2. The van der Waals surface area contributed by atoms with Gasteiger partial charge in [0.15, 0.2) is 0 Å². The number of benzene rings is 1. The molecule has 1 aromatic carbocycles. The lowest BCUT2D eigenvalue weighted by Gasteiger charge is -2.12. The number of rotatable bonds is 9. The van der Waals surface area contributed by atoms with Crippen molar-refractivity contribution in [3.05, 3.63) is 28.2 Å². The molecule has 1 aromatic rings. The van der Waals surface area contributed by atoms with Crippen molar-refractivity contribution >= 4 is 21.9 Å². The van der Waals surface area contributed by atoms with E-state index in [2.05, 4.69) is 28.2 Å². The third-order valence-corrected chi connectivity index (χ3v) is 3.10. The van der Waals surface area contributed by atoms with E-state index in [9.17, 15) is 4.79 Å². The second-order valence-corrected chi connectivity index (χ2v) is 5.25. The third-order valence-electron chi connectivity index (χ3n) is 2.61. The van der Waals surface area contributed by atoms with Crippen molar-refractivity contribution < 1.29 is 14.3 Å². The molecule has 1 N–H and O–H groups in total. The average Bonchev–Trinajstić information content (AvgIpc) is 2.43. The van der Waals surface area contributed by atoms with Crippen LogP contribution >= 0.6 is 15.9 Å². The van der Waals surface area contributed by atoms with Gasteiger partial charge in [0, 0.05) is 23.1 Å². The normalized spacial score (nSPS) is 10.3. The first-order valence-electron chi connectivity index (χ1n) is 6.95. The molecule has 20 heavy (non-hydrogen) atoms. The highest BCUT2D eigenvalue weighted by atomic mass is 79.9. The topological polar surface area (TPSA) is 47.6 Å². The van der Waals surface area contributed by atoms with Crippen LogP contribution in [-0.4, -0.2) is 25.7 Å². The molecular formula is C15H22BrNO3. The zero-order valence-electron chi connectivity index (χ0n) is 12.1. The molecule has 0 aliphatic rings. The van der Waals surface area contributed by atoms with Crippen molar-refractivity contribution in [2.24, 2.45) is 0 Å². The third kappa shape index (κ3) is 6.39. The predicted octanol–water partition coefficient (Wildman–Crippen LogP) is 3.28. The SMILES string of the molecule is CCCOc1ccc(Br)cc1CNCCC(=O)OCC. The van der Waals surface area contributed by atoms with Crippen molar-refractivity contribution in [3.8, 4) is 5.75 Å². The van der Waals surface area contributed by atoms with Crippen LogP contribution in [0.1, 0.15) is 32.3 Å². The number of esters is 1. The molecule has 0 spiro atoms. The van der Waals surface area contributed by atoms with Gasteiger partial charge in [0.25, 0.3) is 0 Å². The molecular weight excluding hydrogens is 322 g/mol. The Kier molecular flexibility index (Phi) is 8.30. The summed E-state index contributed by atoms with van der Waals surface area (Å²) in [6.07, 6.45) is 1.36. The molecule has 112 valence electrons. The molecule has 5 heteroatoms. The molecule has 0 unspecified atom stereocenters. The Labute approximate surface area is 129 Å². The quantitative estimate of drug-likeness (QED) is 0.552. The Hall–Kier alpha value is -1.07. The van der Waals surface area contributed by atoms with Crippen LogP contribution in [0.3, 0.4) is 0 Å². The van der Waals surface area contributed by atoms with E-state index in [4.69, 9.17) is 9.47 Å². The summed E-state index contributed by atoms with van der Waals surface area (Å²) in [6, 6.07) is 5.96. The van der Waals surface area contributed by atoms with Crippen molar-refractivity contribution in [2.75, 3.05) is 19.8 Å². The van der Waals surface area contributed by atoms with Crippen LogP contribution in [0.5, 0.6) is 5.75 Å². The van der Waals surface area contributed by atoms with E-state index in [1.165, 1.54) is 0 Å². The lowest BCUT2D eigenvalue weighted by atomic mass is 10.2. The second kappa shape index (κ2) is 9.77. The molecule has 0 aliphatic heterocycles. The van der Waals surface area contributed by atoms with E-state index in [-0.39, 0.29) is 5.97 Å². The molecule has 0 aliphatic carbocycles. The van der Waals surface area contributed by atoms with Gasteiger partial charge in [0.2, 0.25) is 0 Å². The maximum absolute atomic E-state index is 11.2. The highest BCUT2D eigenvalue weighted by Gasteiger charge is 2.05. The highest BCUT2D eigenvalue weighted by Crippen LogP contribution is 2.23. The fraction of sp³-hybridized carbons (Fsp3) is 0.533. The first-order valence-corrected chi connectivity index (χ1v) is 7.74. The number of carbonyl (C=O) groups is 1. The molecule has 0 fully saturated rings. The minimum atomic E-state index is -0.170. The Bertz CT molecular complexity index is 424. The largest absolute Gasteiger partial charge is 0.493 e. The molecule has 0 saturated heterocycles. The number of hydrogen-bond donors (Lipinski definition) is 1. The number of nitrogens with one attached hydrogen (secondary N) is 1. The van der Waals surface area contributed by atoms with Gasteiger partial charge in [-0.05, 0) is 31.5 Å². The summed E-state index contributed by atoms with van der Waals surface area (Å²) < 4.78 is 11.6. The highest BCUT2D eigenvalue weighted by molar-refractivity contribution is 9.10. The molecule has 0 radical (unpaired) electrons. The van der Waals surface area contributed by atoms with E-state index in [1.807, 2.05) is 25.1 Å². The van der Waals surface area contributed by atoms with Gasteiger partial charge in [0.1, 0.15) is 5.75 Å². The smallest absolute Gasteiger partial charge is 0.307 e. The zero-order chi connectivity index (χ0) is 14.8. The molecule has 0 bridgehead atoms. The number of ether oxygens (including phenoxy) is 2. The van der Waals surface area contributed by atoms with E-state index in [1.54, 1.807) is 0 Å². The zero-order valence-corrected chi connectivity index (χ0v) is 13.7. The molecule has 0 saturated carbocycles. The summed E-state index contributed by atoms with van der Waals surface area (Å²) in [5.41, 5.74) is 1.08. The monoisotopic (exact) mass is 343 g/mol. The summed E-state index contributed by atoms with van der Waals surface area (Å²) in [5, 5.41) is 3.23. The van der Waals surface area contributed by atoms with Crippen LogP contribution in [0.25, 0.3) is 0 Å². The fourth-order valence-corrected chi connectivity index (χ4v) is 2.09. The van der Waals surface area contributed by atoms with E-state index >= 15 is 0 Å². The average molecular weight is 344 g/mol. The first-order chi connectivity index (χ1) is 9.67. The second-order valence-electron chi connectivity index (χ2n) is 4.33. The molecule has 0 aromatic heterocycles. The summed E-state index contributed by atoms with van der Waals surface area (Å²) in [4.78, 5) is 11.2. The Morgan fingerprint density at radius 2 is 2.15 bits per heavy atom. The van der Waals surface area contributed by atoms with Crippen molar-refractivity contribution in [3.63, 3.8) is 0 Å². The summed E-state index contributed by atoms with van der Waals surface area (Å²) >= 11 is 3.46. The Morgan fingerprint density at radius 1 is 1.35 bits per heavy atom. The molecule has 0 atom stereocenters. The van der Waals surface area contributed by atoms with Crippen molar-refractivity contribution in [2.45, 2.75) is 33.2 Å². The van der Waals surface area contributed by atoms with Crippen LogP contribution < -0.4 is 10.1 Å². The first kappa shape index (κ1) is 17.0. The fourth-order valence-electron chi connectivity index (χ4n) is 1.69. The number of carbonyl (C=O) groups excluding carboxylic acids is 1. The summed E-state index contributed by atoms with van der Waals surface area (Å²) in [6.45, 7) is 6.29. The van der Waals surface area contributed by atoms with Crippen LogP contribution in [0, 0.1) is 0 Å². The summed E-state index contributed by atoms with van der Waals surface area (Å²) in [7, 11) is 0. The van der Waals surface area contributed by atoms with Gasteiger partial charge in [-0.2, -0.15) is 0 Å². The predicted molar refractivity (Wildman–Crippen MR) is 82.9 cm³/mol. The van der Waals surface area contributed by atoms with Gasteiger partial charge >= 0.3 is 5.97 Å². The van der Waals surface area contributed by atoms with Crippen LogP contribution in [0.2, 0.25) is 0 Å². The molecule has 4 nitrogen and oxygen atoms in total. The van der Waals surface area contributed by atoms with Crippen LogP contribution in [0.15, 0.2) is 22.7 Å². The minimum Gasteiger partial charge on any atom is -0.493 e. The standard InChI is InChI=1S/C15H22BrNO3/c1-3-9-20-14-6-5-13(16)10-12(14)11-17-8-7-15(18)19-4-2/h5-6,10,17H,3-4,7-9,11H2,1-2H3. The van der Waals surface area contributed by atoms with Gasteiger partial charge in [-0.3, -0.25) is 4.79 Å². The molecule has 0 amide bonds.